The second kappa shape index (κ2) is 9.51. The van der Waals surface area contributed by atoms with Crippen LogP contribution in [0, 0.1) is 12.8 Å². The Hall–Kier alpha value is -2.56. The highest BCUT2D eigenvalue weighted by Gasteiger charge is 2.35. The summed E-state index contributed by atoms with van der Waals surface area (Å²) in [7, 11) is 2.16. The first kappa shape index (κ1) is 21.3. The number of para-hydroxylation sites is 1. The molecular weight excluding hydrogens is 392 g/mol. The molecule has 0 amide bonds. The van der Waals surface area contributed by atoms with Crippen LogP contribution < -0.4 is 4.90 Å². The van der Waals surface area contributed by atoms with E-state index >= 15 is 0 Å². The third-order valence-corrected chi connectivity index (χ3v) is 7.45. The topological polar surface area (TPSA) is 14.7 Å². The SMILES string of the molecule is Cc1ccc([C@@H]2CN(Cc3cccn3C)C[C@@H]2CN2CCN(c3ccccc3)CC2)cc1. The number of hydrogen-bond acceptors (Lipinski definition) is 3. The van der Waals surface area contributed by atoms with Crippen LogP contribution in [0.3, 0.4) is 0 Å². The van der Waals surface area contributed by atoms with Crippen molar-refractivity contribution in [2.24, 2.45) is 13.0 Å². The summed E-state index contributed by atoms with van der Waals surface area (Å²) in [6.45, 7) is 11.3. The molecule has 0 saturated carbocycles. The van der Waals surface area contributed by atoms with Crippen molar-refractivity contribution in [3.63, 3.8) is 0 Å². The smallest absolute Gasteiger partial charge is 0.0387 e. The van der Waals surface area contributed by atoms with Gasteiger partial charge in [0.1, 0.15) is 0 Å². The second-order valence-electron chi connectivity index (χ2n) is 9.70. The van der Waals surface area contributed by atoms with Crippen LogP contribution in [0.4, 0.5) is 5.69 Å². The van der Waals surface area contributed by atoms with E-state index in [0.717, 1.165) is 39.3 Å². The highest BCUT2D eigenvalue weighted by molar-refractivity contribution is 5.46. The number of aromatic nitrogens is 1. The number of aryl methyl sites for hydroxylation is 2. The van der Waals surface area contributed by atoms with Crippen LogP contribution in [0.2, 0.25) is 0 Å². The fourth-order valence-electron chi connectivity index (χ4n) is 5.51. The Bertz CT molecular complexity index is 986. The van der Waals surface area contributed by atoms with Gasteiger partial charge in [0.05, 0.1) is 0 Å². The summed E-state index contributed by atoms with van der Waals surface area (Å²) in [5.41, 5.74) is 5.63. The van der Waals surface area contributed by atoms with E-state index in [0.29, 0.717) is 11.8 Å². The average Bonchev–Trinajstić information content (AvgIpc) is 3.41. The highest BCUT2D eigenvalue weighted by atomic mass is 15.3. The van der Waals surface area contributed by atoms with Crippen LogP contribution in [-0.4, -0.2) is 60.2 Å². The molecular formula is C28H36N4. The third-order valence-electron chi connectivity index (χ3n) is 7.45. The van der Waals surface area contributed by atoms with Crippen LogP contribution in [-0.2, 0) is 13.6 Å². The van der Waals surface area contributed by atoms with Gasteiger partial charge >= 0.3 is 0 Å². The van der Waals surface area contributed by atoms with Crippen LogP contribution >= 0.6 is 0 Å². The van der Waals surface area contributed by atoms with E-state index in [-0.39, 0.29) is 0 Å². The number of anilines is 1. The molecule has 0 aliphatic carbocycles. The van der Waals surface area contributed by atoms with Gasteiger partial charge in [0.2, 0.25) is 0 Å². The maximum absolute atomic E-state index is 2.71. The first-order valence-electron chi connectivity index (χ1n) is 12.1. The molecule has 0 bridgehead atoms. The highest BCUT2D eigenvalue weighted by Crippen LogP contribution is 2.34. The molecule has 2 aromatic carbocycles. The Morgan fingerprint density at radius 1 is 0.781 bits per heavy atom. The third kappa shape index (κ3) is 4.77. The standard InChI is InChI=1S/C28H36N4/c1-23-10-12-24(13-11-23)28-22-31(21-27-9-6-14-29(27)2)20-25(28)19-30-15-17-32(18-16-30)26-7-4-3-5-8-26/h3-14,25,28H,15-22H2,1-2H3/t25-,28-/m0/s1. The van der Waals surface area contributed by atoms with Crippen LogP contribution in [0.15, 0.2) is 72.9 Å². The van der Waals surface area contributed by atoms with Crippen LogP contribution in [0.1, 0.15) is 22.7 Å². The zero-order chi connectivity index (χ0) is 21.9. The summed E-state index contributed by atoms with van der Waals surface area (Å²) in [6.07, 6.45) is 2.16. The molecule has 2 aliphatic rings. The number of piperazine rings is 1. The minimum absolute atomic E-state index is 0.614. The Labute approximate surface area is 193 Å². The van der Waals surface area contributed by atoms with E-state index < -0.39 is 0 Å². The van der Waals surface area contributed by atoms with Crippen LogP contribution in [0.25, 0.3) is 0 Å². The molecule has 2 atom stereocenters. The first-order valence-corrected chi connectivity index (χ1v) is 12.1. The normalized spacial score (nSPS) is 22.5. The van der Waals surface area contributed by atoms with Crippen molar-refractivity contribution >= 4 is 5.69 Å². The molecule has 168 valence electrons. The van der Waals surface area contributed by atoms with Crippen molar-refractivity contribution in [3.8, 4) is 0 Å². The Kier molecular flexibility index (Phi) is 6.33. The van der Waals surface area contributed by atoms with Crippen molar-refractivity contribution in [1.29, 1.82) is 0 Å². The summed E-state index contributed by atoms with van der Waals surface area (Å²) in [5.74, 6) is 1.30. The van der Waals surface area contributed by atoms with E-state index in [4.69, 9.17) is 0 Å². The molecule has 0 N–H and O–H groups in total. The van der Waals surface area contributed by atoms with Gasteiger partial charge in [0.25, 0.3) is 0 Å². The lowest BCUT2D eigenvalue weighted by Gasteiger charge is -2.38. The van der Waals surface area contributed by atoms with Gasteiger partial charge in [-0.3, -0.25) is 9.80 Å². The molecule has 2 fully saturated rings. The van der Waals surface area contributed by atoms with Crippen molar-refractivity contribution < 1.29 is 0 Å². The molecule has 5 rings (SSSR count). The molecule has 4 nitrogen and oxygen atoms in total. The average molecular weight is 429 g/mol. The predicted molar refractivity (Wildman–Crippen MR) is 133 cm³/mol. The zero-order valence-electron chi connectivity index (χ0n) is 19.5. The van der Waals surface area contributed by atoms with Crippen molar-refractivity contribution in [3.05, 3.63) is 89.7 Å². The monoisotopic (exact) mass is 428 g/mol. The van der Waals surface area contributed by atoms with Gasteiger partial charge in [-0.15, -0.1) is 0 Å². The van der Waals surface area contributed by atoms with E-state index in [2.05, 4.69) is 106 Å². The van der Waals surface area contributed by atoms with Crippen molar-refractivity contribution in [2.45, 2.75) is 19.4 Å². The molecule has 4 heteroatoms. The maximum atomic E-state index is 2.71. The second-order valence-corrected chi connectivity index (χ2v) is 9.70. The van der Waals surface area contributed by atoms with Gasteiger partial charge in [-0.2, -0.15) is 0 Å². The lowest BCUT2D eigenvalue weighted by Crippen LogP contribution is -2.48. The van der Waals surface area contributed by atoms with Gasteiger partial charge in [0.15, 0.2) is 0 Å². The Morgan fingerprint density at radius 3 is 2.22 bits per heavy atom. The van der Waals surface area contributed by atoms with E-state index in [1.165, 1.54) is 35.6 Å². The fourth-order valence-corrected chi connectivity index (χ4v) is 5.51. The lowest BCUT2D eigenvalue weighted by atomic mass is 9.88. The van der Waals surface area contributed by atoms with Crippen molar-refractivity contribution in [1.82, 2.24) is 14.4 Å². The molecule has 2 aliphatic heterocycles. The van der Waals surface area contributed by atoms with Crippen LogP contribution in [0.5, 0.6) is 0 Å². The molecule has 1 aromatic heterocycles. The molecule has 0 radical (unpaired) electrons. The molecule has 0 spiro atoms. The number of nitrogens with zero attached hydrogens (tertiary/aromatic N) is 4. The minimum atomic E-state index is 0.614. The maximum Gasteiger partial charge on any atom is 0.0387 e. The lowest BCUT2D eigenvalue weighted by molar-refractivity contribution is 0.209. The minimum Gasteiger partial charge on any atom is -0.369 e. The zero-order valence-corrected chi connectivity index (χ0v) is 19.5. The first-order chi connectivity index (χ1) is 15.7. The van der Waals surface area contributed by atoms with Gasteiger partial charge in [-0.05, 0) is 42.7 Å². The number of likely N-dealkylation sites (tertiary alicyclic amines) is 1. The summed E-state index contributed by atoms with van der Waals surface area (Å²) in [4.78, 5) is 7.91. The molecule has 2 saturated heterocycles. The number of hydrogen-bond donors (Lipinski definition) is 0. The number of rotatable bonds is 6. The van der Waals surface area contributed by atoms with Gasteiger partial charge in [0, 0.05) is 82.9 Å². The Morgan fingerprint density at radius 2 is 1.53 bits per heavy atom. The summed E-state index contributed by atoms with van der Waals surface area (Å²) < 4.78 is 2.26. The van der Waals surface area contributed by atoms with Gasteiger partial charge < -0.3 is 9.47 Å². The van der Waals surface area contributed by atoms with Gasteiger partial charge in [-0.25, -0.2) is 0 Å². The van der Waals surface area contributed by atoms with E-state index in [1.807, 2.05) is 0 Å². The fraction of sp³-hybridized carbons (Fsp3) is 0.429. The molecule has 3 aromatic rings. The molecule has 0 unspecified atom stereocenters. The van der Waals surface area contributed by atoms with Gasteiger partial charge in [-0.1, -0.05) is 48.0 Å². The summed E-state index contributed by atoms with van der Waals surface area (Å²) >= 11 is 0. The molecule has 32 heavy (non-hydrogen) atoms. The van der Waals surface area contributed by atoms with E-state index in [1.54, 1.807) is 0 Å². The number of benzene rings is 2. The van der Waals surface area contributed by atoms with E-state index in [9.17, 15) is 0 Å². The summed E-state index contributed by atoms with van der Waals surface area (Å²) in [5, 5.41) is 0. The van der Waals surface area contributed by atoms with Crippen molar-refractivity contribution in [2.75, 3.05) is 50.7 Å². The molecule has 3 heterocycles. The summed E-state index contributed by atoms with van der Waals surface area (Å²) in [6, 6.07) is 24.6. The quantitative estimate of drug-likeness (QED) is 0.579. The largest absolute Gasteiger partial charge is 0.369 e. The predicted octanol–water partition coefficient (Wildman–Crippen LogP) is 4.37. The Balaban J connectivity index is 1.26.